The van der Waals surface area contributed by atoms with Crippen molar-refractivity contribution in [1.29, 1.82) is 0 Å². The van der Waals surface area contributed by atoms with Gasteiger partial charge in [-0.1, -0.05) is 0 Å². The highest BCUT2D eigenvalue weighted by Crippen LogP contribution is 2.64. The first-order valence-corrected chi connectivity index (χ1v) is 7.27. The van der Waals surface area contributed by atoms with E-state index in [0.29, 0.717) is 23.1 Å². The van der Waals surface area contributed by atoms with Gasteiger partial charge in [-0.2, -0.15) is 0 Å². The maximum absolute atomic E-state index is 12.1. The first-order chi connectivity index (χ1) is 10.3. The van der Waals surface area contributed by atoms with Crippen LogP contribution in [0.25, 0.3) is 10.9 Å². The van der Waals surface area contributed by atoms with Gasteiger partial charge in [0.1, 0.15) is 10.1 Å². The van der Waals surface area contributed by atoms with E-state index in [1.54, 1.807) is 25.1 Å². The van der Waals surface area contributed by atoms with Crippen molar-refractivity contribution in [2.45, 2.75) is 17.7 Å². The van der Waals surface area contributed by atoms with Crippen LogP contribution in [0, 0.1) is 5.41 Å². The molecule has 8 heteroatoms. The fourth-order valence-corrected chi connectivity index (χ4v) is 2.90. The second-order valence-corrected chi connectivity index (χ2v) is 6.94. The Morgan fingerprint density at radius 1 is 1.45 bits per heavy atom. The topological polar surface area (TPSA) is 87.0 Å². The normalized spacial score (nSPS) is 23.1. The van der Waals surface area contributed by atoms with Crippen LogP contribution in [0.1, 0.15) is 13.3 Å². The molecule has 0 aliphatic heterocycles. The number of rotatable bonds is 3. The number of nitrogens with zero attached hydrogens (tertiary/aromatic N) is 2. The number of aromatic amines is 1. The molecule has 2 N–H and O–H groups in total. The molecule has 1 aliphatic rings. The number of carbonyl (C=O) groups is 1. The highest BCUT2D eigenvalue weighted by Gasteiger charge is 2.68. The van der Waals surface area contributed by atoms with Crippen LogP contribution < -0.4 is 4.74 Å². The average Bonchev–Trinajstić information content (AvgIpc) is 2.85. The predicted octanol–water partition coefficient (Wildman–Crippen LogP) is 4.08. The van der Waals surface area contributed by atoms with Gasteiger partial charge in [0.05, 0.1) is 18.0 Å². The monoisotopic (exact) mass is 341 g/mol. The number of hydrogen-bond donors (Lipinski definition) is 2. The van der Waals surface area contributed by atoms with Crippen molar-refractivity contribution in [3.05, 3.63) is 18.2 Å². The molecule has 6 nitrogen and oxygen atoms in total. The fourth-order valence-electron chi connectivity index (χ4n) is 2.21. The number of azo groups is 1. The molecule has 3 rings (SSSR count). The molecule has 1 heterocycles. The zero-order valence-electron chi connectivity index (χ0n) is 11.9. The Hall–Kier alpha value is -1.79. The van der Waals surface area contributed by atoms with Gasteiger partial charge in [0, 0.05) is 5.39 Å². The lowest BCUT2D eigenvalue weighted by molar-refractivity contribution is -0.122. The van der Waals surface area contributed by atoms with Crippen molar-refractivity contribution in [1.82, 2.24) is 4.98 Å². The van der Waals surface area contributed by atoms with E-state index in [1.165, 1.54) is 7.11 Å². The Labute approximate surface area is 136 Å². The molecule has 1 aliphatic carbocycles. The van der Waals surface area contributed by atoms with Crippen molar-refractivity contribution < 1.29 is 14.6 Å². The van der Waals surface area contributed by atoms with E-state index in [2.05, 4.69) is 15.2 Å². The van der Waals surface area contributed by atoms with Gasteiger partial charge in [-0.3, -0.25) is 4.79 Å². The third-order valence-electron chi connectivity index (χ3n) is 3.93. The maximum Gasteiger partial charge on any atom is 0.273 e. The summed E-state index contributed by atoms with van der Waals surface area (Å²) in [6.45, 7) is 1.63. The molecule has 1 fully saturated rings. The van der Waals surface area contributed by atoms with Crippen LogP contribution >= 0.6 is 23.2 Å². The summed E-state index contributed by atoms with van der Waals surface area (Å²) in [7, 11) is 1.53. The molecule has 116 valence electrons. The van der Waals surface area contributed by atoms with Crippen LogP contribution in [-0.2, 0) is 4.79 Å². The number of amides is 1. The smallest absolute Gasteiger partial charge is 0.273 e. The Kier molecular flexibility index (Phi) is 3.34. The summed E-state index contributed by atoms with van der Waals surface area (Å²) in [5, 5.41) is 18.0. The number of aromatic nitrogens is 1. The summed E-state index contributed by atoms with van der Waals surface area (Å²) in [6.07, 6.45) is 0.328. The SMILES string of the molecule is COc1ccc2[nH]c(O)c(N=NC(=O)[C@@]3(C)CC3(Cl)Cl)c2c1. The predicted molar refractivity (Wildman–Crippen MR) is 83.2 cm³/mol. The third kappa shape index (κ3) is 2.23. The van der Waals surface area contributed by atoms with Gasteiger partial charge in [-0.25, -0.2) is 0 Å². The first kappa shape index (κ1) is 15.1. The average molecular weight is 342 g/mol. The van der Waals surface area contributed by atoms with Gasteiger partial charge in [0.25, 0.3) is 5.91 Å². The van der Waals surface area contributed by atoms with Crippen LogP contribution in [0.15, 0.2) is 28.4 Å². The van der Waals surface area contributed by atoms with Crippen molar-refractivity contribution in [2.75, 3.05) is 7.11 Å². The number of methoxy groups -OCH3 is 1. The van der Waals surface area contributed by atoms with E-state index in [1.807, 2.05) is 0 Å². The number of ether oxygens (including phenoxy) is 1. The van der Waals surface area contributed by atoms with Crippen LogP contribution in [-0.4, -0.2) is 27.4 Å². The van der Waals surface area contributed by atoms with Gasteiger partial charge in [-0.15, -0.1) is 33.4 Å². The van der Waals surface area contributed by atoms with E-state index in [9.17, 15) is 9.90 Å². The number of nitrogens with one attached hydrogen (secondary N) is 1. The number of carbonyl (C=O) groups excluding carboxylic acids is 1. The summed E-state index contributed by atoms with van der Waals surface area (Å²) in [5.74, 6) is -0.0955. The standard InChI is InChI=1S/C14H13Cl2N3O3/c1-13(6-14(13,15)16)12(21)19-18-10-8-5-7(22-2)3-4-9(8)17-11(10)20/h3-5,17,20H,6H2,1-2H3/t13-/m1/s1. The number of fused-ring (bicyclic) bond motifs is 1. The minimum Gasteiger partial charge on any atom is -0.497 e. The second kappa shape index (κ2) is 4.86. The summed E-state index contributed by atoms with van der Waals surface area (Å²) in [4.78, 5) is 14.8. The summed E-state index contributed by atoms with van der Waals surface area (Å²) in [5.41, 5.74) is -0.110. The molecule has 2 aromatic rings. The molecule has 0 bridgehead atoms. The molecule has 1 aromatic heterocycles. The minimum atomic E-state index is -1.10. The lowest BCUT2D eigenvalue weighted by atomic mass is 10.1. The lowest BCUT2D eigenvalue weighted by Crippen LogP contribution is -2.15. The third-order valence-corrected chi connectivity index (χ3v) is 5.03. The Morgan fingerprint density at radius 2 is 2.14 bits per heavy atom. The molecule has 1 atom stereocenters. The summed E-state index contributed by atoms with van der Waals surface area (Å²) >= 11 is 11.9. The number of alkyl halides is 2. The van der Waals surface area contributed by atoms with Crippen LogP contribution in [0.3, 0.4) is 0 Å². The van der Waals surface area contributed by atoms with Crippen molar-refractivity contribution in [3.63, 3.8) is 0 Å². The van der Waals surface area contributed by atoms with Crippen molar-refractivity contribution in [3.8, 4) is 11.6 Å². The van der Waals surface area contributed by atoms with E-state index in [4.69, 9.17) is 27.9 Å². The molecule has 1 amide bonds. The number of halogens is 2. The molecule has 0 saturated heterocycles. The number of H-pyrrole nitrogens is 1. The molecule has 1 saturated carbocycles. The van der Waals surface area contributed by atoms with Gasteiger partial charge < -0.3 is 14.8 Å². The van der Waals surface area contributed by atoms with Gasteiger partial charge in [0.2, 0.25) is 5.88 Å². The zero-order valence-corrected chi connectivity index (χ0v) is 13.4. The first-order valence-electron chi connectivity index (χ1n) is 6.51. The lowest BCUT2D eigenvalue weighted by Gasteiger charge is -2.04. The number of benzene rings is 1. The van der Waals surface area contributed by atoms with Gasteiger partial charge >= 0.3 is 0 Å². The number of aromatic hydroxyl groups is 1. The van der Waals surface area contributed by atoms with Gasteiger partial charge in [-0.05, 0) is 31.5 Å². The molecular weight excluding hydrogens is 329 g/mol. The molecule has 0 radical (unpaired) electrons. The molecule has 0 unspecified atom stereocenters. The van der Waals surface area contributed by atoms with Crippen molar-refractivity contribution in [2.24, 2.45) is 15.6 Å². The van der Waals surface area contributed by atoms with E-state index < -0.39 is 15.7 Å². The molecule has 0 spiro atoms. The minimum absolute atomic E-state index is 0.168. The quantitative estimate of drug-likeness (QED) is 0.651. The molecule has 1 aromatic carbocycles. The van der Waals surface area contributed by atoms with E-state index >= 15 is 0 Å². The van der Waals surface area contributed by atoms with Crippen molar-refractivity contribution >= 4 is 45.7 Å². The highest BCUT2D eigenvalue weighted by atomic mass is 35.5. The highest BCUT2D eigenvalue weighted by molar-refractivity contribution is 6.53. The fraction of sp³-hybridized carbons (Fsp3) is 0.357. The Balaban J connectivity index is 1.95. The van der Waals surface area contributed by atoms with Gasteiger partial charge in [0.15, 0.2) is 5.69 Å². The Bertz CT molecular complexity index is 800. The van der Waals surface area contributed by atoms with Crippen LogP contribution in [0.4, 0.5) is 5.69 Å². The molecular formula is C14H13Cl2N3O3. The van der Waals surface area contributed by atoms with Crippen LogP contribution in [0.2, 0.25) is 0 Å². The summed E-state index contributed by atoms with van der Waals surface area (Å²) in [6, 6.07) is 5.17. The van der Waals surface area contributed by atoms with E-state index in [-0.39, 0.29) is 11.6 Å². The zero-order chi connectivity index (χ0) is 16.1. The summed E-state index contributed by atoms with van der Waals surface area (Å²) < 4.78 is 4.03. The van der Waals surface area contributed by atoms with E-state index in [0.717, 1.165) is 0 Å². The maximum atomic E-state index is 12.1. The van der Waals surface area contributed by atoms with Crippen LogP contribution in [0.5, 0.6) is 11.6 Å². The second-order valence-electron chi connectivity index (χ2n) is 5.45. The largest absolute Gasteiger partial charge is 0.497 e. The Morgan fingerprint density at radius 3 is 2.73 bits per heavy atom. The molecule has 22 heavy (non-hydrogen) atoms. The number of hydrogen-bond acceptors (Lipinski definition) is 4.